The SMILES string of the molecule is COc1ccc(NC(=O)CNc2cccc(NC(=O)c3ccco3)c2)cc1Cl. The zero-order chi connectivity index (χ0) is 19.9. The van der Waals surface area contributed by atoms with E-state index in [-0.39, 0.29) is 24.1 Å². The first-order valence-electron chi connectivity index (χ1n) is 8.37. The monoisotopic (exact) mass is 399 g/mol. The summed E-state index contributed by atoms with van der Waals surface area (Å²) in [6.45, 7) is 0.0409. The highest BCUT2D eigenvalue weighted by Gasteiger charge is 2.09. The van der Waals surface area contributed by atoms with Gasteiger partial charge in [0.05, 0.1) is 24.9 Å². The summed E-state index contributed by atoms with van der Waals surface area (Å²) in [5.41, 5.74) is 1.82. The molecule has 28 heavy (non-hydrogen) atoms. The van der Waals surface area contributed by atoms with Crippen LogP contribution in [-0.4, -0.2) is 25.5 Å². The molecule has 8 heteroatoms. The van der Waals surface area contributed by atoms with Crippen molar-refractivity contribution < 1.29 is 18.7 Å². The van der Waals surface area contributed by atoms with E-state index >= 15 is 0 Å². The number of amides is 2. The maximum Gasteiger partial charge on any atom is 0.291 e. The zero-order valence-corrected chi connectivity index (χ0v) is 15.7. The summed E-state index contributed by atoms with van der Waals surface area (Å²) >= 11 is 6.05. The maximum absolute atomic E-state index is 12.1. The van der Waals surface area contributed by atoms with Crippen LogP contribution in [0, 0.1) is 0 Å². The van der Waals surface area contributed by atoms with Crippen LogP contribution in [-0.2, 0) is 4.79 Å². The highest BCUT2D eigenvalue weighted by molar-refractivity contribution is 6.32. The second kappa shape index (κ2) is 8.96. The van der Waals surface area contributed by atoms with Crippen molar-refractivity contribution in [1.82, 2.24) is 0 Å². The van der Waals surface area contributed by atoms with Crippen molar-refractivity contribution in [3.05, 3.63) is 71.6 Å². The van der Waals surface area contributed by atoms with E-state index in [1.807, 2.05) is 0 Å². The Labute approximate surface area is 166 Å². The Kier molecular flexibility index (Phi) is 6.18. The molecule has 3 aromatic rings. The number of nitrogens with one attached hydrogen (secondary N) is 3. The Morgan fingerprint density at radius 1 is 1.00 bits per heavy atom. The van der Waals surface area contributed by atoms with Gasteiger partial charge >= 0.3 is 0 Å². The lowest BCUT2D eigenvalue weighted by Gasteiger charge is -2.10. The number of carbonyl (C=O) groups is 2. The number of rotatable bonds is 7. The van der Waals surface area contributed by atoms with Crippen molar-refractivity contribution in [2.24, 2.45) is 0 Å². The molecule has 2 aromatic carbocycles. The van der Waals surface area contributed by atoms with Gasteiger partial charge in [0.25, 0.3) is 5.91 Å². The summed E-state index contributed by atoms with van der Waals surface area (Å²) < 4.78 is 10.1. The maximum atomic E-state index is 12.1. The number of methoxy groups -OCH3 is 1. The number of anilines is 3. The van der Waals surface area contributed by atoms with Crippen LogP contribution >= 0.6 is 11.6 Å². The molecule has 144 valence electrons. The molecular weight excluding hydrogens is 382 g/mol. The Morgan fingerprint density at radius 2 is 1.79 bits per heavy atom. The fourth-order valence-corrected chi connectivity index (χ4v) is 2.70. The van der Waals surface area contributed by atoms with Crippen molar-refractivity contribution in [3.8, 4) is 5.75 Å². The average Bonchev–Trinajstić information content (AvgIpc) is 3.22. The normalized spacial score (nSPS) is 10.2. The predicted octanol–water partition coefficient (Wildman–Crippen LogP) is 4.24. The molecule has 0 atom stereocenters. The summed E-state index contributed by atoms with van der Waals surface area (Å²) in [7, 11) is 1.52. The van der Waals surface area contributed by atoms with Gasteiger partial charge in [0.15, 0.2) is 5.76 Å². The van der Waals surface area contributed by atoms with E-state index in [4.69, 9.17) is 20.8 Å². The van der Waals surface area contributed by atoms with Gasteiger partial charge in [0, 0.05) is 17.1 Å². The number of hydrogen-bond donors (Lipinski definition) is 3. The molecule has 0 aliphatic rings. The second-order valence-corrected chi connectivity index (χ2v) is 6.17. The van der Waals surface area contributed by atoms with Gasteiger partial charge in [-0.25, -0.2) is 0 Å². The van der Waals surface area contributed by atoms with Crippen molar-refractivity contribution in [1.29, 1.82) is 0 Å². The van der Waals surface area contributed by atoms with Crippen LogP contribution in [0.15, 0.2) is 65.3 Å². The number of benzene rings is 2. The third-order valence-corrected chi connectivity index (χ3v) is 4.05. The molecule has 3 rings (SSSR count). The lowest BCUT2D eigenvalue weighted by molar-refractivity contribution is -0.114. The van der Waals surface area contributed by atoms with Crippen molar-refractivity contribution >= 4 is 40.5 Å². The van der Waals surface area contributed by atoms with Crippen molar-refractivity contribution in [2.75, 3.05) is 29.6 Å². The van der Waals surface area contributed by atoms with E-state index in [0.29, 0.717) is 27.8 Å². The molecule has 1 heterocycles. The van der Waals surface area contributed by atoms with E-state index in [1.54, 1.807) is 54.6 Å². The number of carbonyl (C=O) groups excluding carboxylic acids is 2. The highest BCUT2D eigenvalue weighted by Crippen LogP contribution is 2.27. The minimum atomic E-state index is -0.351. The lowest BCUT2D eigenvalue weighted by atomic mass is 10.2. The fourth-order valence-electron chi connectivity index (χ4n) is 2.44. The minimum absolute atomic E-state index is 0.0409. The molecule has 0 aliphatic carbocycles. The van der Waals surface area contributed by atoms with Crippen molar-refractivity contribution in [3.63, 3.8) is 0 Å². The van der Waals surface area contributed by atoms with Crippen LogP contribution in [0.1, 0.15) is 10.6 Å². The van der Waals surface area contributed by atoms with E-state index < -0.39 is 0 Å². The zero-order valence-electron chi connectivity index (χ0n) is 15.0. The quantitative estimate of drug-likeness (QED) is 0.552. The van der Waals surface area contributed by atoms with Gasteiger partial charge in [0.2, 0.25) is 5.91 Å². The fraction of sp³-hybridized carbons (Fsp3) is 0.100. The Morgan fingerprint density at radius 3 is 2.50 bits per heavy atom. The van der Waals surface area contributed by atoms with Gasteiger partial charge in [-0.05, 0) is 48.5 Å². The number of halogens is 1. The number of ether oxygens (including phenoxy) is 1. The summed E-state index contributed by atoms with van der Waals surface area (Å²) in [5, 5.41) is 8.89. The Balaban J connectivity index is 1.55. The molecule has 0 bridgehead atoms. The second-order valence-electron chi connectivity index (χ2n) is 5.76. The number of furan rings is 1. The third kappa shape index (κ3) is 5.05. The molecular formula is C20H18ClN3O4. The standard InChI is InChI=1S/C20H18ClN3O4/c1-27-17-8-7-15(11-16(17)21)23-19(25)12-22-13-4-2-5-14(10-13)24-20(26)18-6-3-9-28-18/h2-11,22H,12H2,1H3,(H,23,25)(H,24,26). The first kappa shape index (κ1) is 19.3. The molecule has 3 N–H and O–H groups in total. The molecule has 0 unspecified atom stereocenters. The first-order valence-corrected chi connectivity index (χ1v) is 8.75. The molecule has 0 saturated heterocycles. The van der Waals surface area contributed by atoms with Gasteiger partial charge in [-0.2, -0.15) is 0 Å². The van der Waals surface area contributed by atoms with Gasteiger partial charge in [-0.15, -0.1) is 0 Å². The van der Waals surface area contributed by atoms with Crippen LogP contribution in [0.2, 0.25) is 5.02 Å². The molecule has 0 saturated carbocycles. The Bertz CT molecular complexity index is 973. The van der Waals surface area contributed by atoms with E-state index in [1.165, 1.54) is 13.4 Å². The molecule has 0 spiro atoms. The van der Waals surface area contributed by atoms with Gasteiger partial charge in [-0.3, -0.25) is 9.59 Å². The average molecular weight is 400 g/mol. The van der Waals surface area contributed by atoms with Crippen molar-refractivity contribution in [2.45, 2.75) is 0 Å². The highest BCUT2D eigenvalue weighted by atomic mass is 35.5. The van der Waals surface area contributed by atoms with Crippen LogP contribution in [0.25, 0.3) is 0 Å². The van der Waals surface area contributed by atoms with Gasteiger partial charge in [0.1, 0.15) is 5.75 Å². The van der Waals surface area contributed by atoms with Crippen LogP contribution < -0.4 is 20.7 Å². The molecule has 2 amide bonds. The van der Waals surface area contributed by atoms with Gasteiger partial charge < -0.3 is 25.1 Å². The van der Waals surface area contributed by atoms with E-state index in [9.17, 15) is 9.59 Å². The smallest absolute Gasteiger partial charge is 0.291 e. The van der Waals surface area contributed by atoms with Gasteiger partial charge in [-0.1, -0.05) is 17.7 Å². The Hall–Kier alpha value is -3.45. The largest absolute Gasteiger partial charge is 0.495 e. The molecule has 7 nitrogen and oxygen atoms in total. The summed E-state index contributed by atoms with van der Waals surface area (Å²) in [4.78, 5) is 24.2. The molecule has 0 fully saturated rings. The third-order valence-electron chi connectivity index (χ3n) is 3.75. The molecule has 0 radical (unpaired) electrons. The summed E-state index contributed by atoms with van der Waals surface area (Å²) in [6, 6.07) is 15.2. The van der Waals surface area contributed by atoms with E-state index in [2.05, 4.69) is 16.0 Å². The molecule has 0 aliphatic heterocycles. The van der Waals surface area contributed by atoms with Crippen LogP contribution in [0.5, 0.6) is 5.75 Å². The minimum Gasteiger partial charge on any atom is -0.495 e. The number of hydrogen-bond acceptors (Lipinski definition) is 5. The lowest BCUT2D eigenvalue weighted by Crippen LogP contribution is -2.21. The molecule has 1 aromatic heterocycles. The van der Waals surface area contributed by atoms with Crippen LogP contribution in [0.4, 0.5) is 17.1 Å². The summed E-state index contributed by atoms with van der Waals surface area (Å²) in [6.07, 6.45) is 1.43. The first-order chi connectivity index (χ1) is 13.5. The van der Waals surface area contributed by atoms with Crippen LogP contribution in [0.3, 0.4) is 0 Å². The van der Waals surface area contributed by atoms with E-state index in [0.717, 1.165) is 0 Å². The topological polar surface area (TPSA) is 92.6 Å². The predicted molar refractivity (Wildman–Crippen MR) is 108 cm³/mol. The summed E-state index contributed by atoms with van der Waals surface area (Å²) in [5.74, 6) is 0.157.